The van der Waals surface area contributed by atoms with Crippen LogP contribution in [0.5, 0.6) is 0 Å². The third-order valence-electron chi connectivity index (χ3n) is 4.10. The fourth-order valence-corrected chi connectivity index (χ4v) is 3.21. The smallest absolute Gasteiger partial charge is 0.340 e. The molecule has 0 aliphatic rings. The molecule has 7 nitrogen and oxygen atoms in total. The lowest BCUT2D eigenvalue weighted by molar-refractivity contribution is -0.133. The van der Waals surface area contributed by atoms with Crippen LogP contribution in [0.2, 0.25) is 0 Å². The average Bonchev–Trinajstić information content (AvgIpc) is 2.60. The molecule has 2 rings (SSSR count). The van der Waals surface area contributed by atoms with Gasteiger partial charge in [0.05, 0.1) is 17.5 Å². The number of sulfonamides is 1. The van der Waals surface area contributed by atoms with Crippen LogP contribution in [0.3, 0.4) is 0 Å². The molecule has 2 aromatic rings. The van der Waals surface area contributed by atoms with Gasteiger partial charge >= 0.3 is 5.97 Å². The van der Waals surface area contributed by atoms with E-state index in [2.05, 4.69) is 4.72 Å². The SMILES string of the molecule is Cc1ccc(CN(C)C(=O)COC(=O)c2ccccc2NS(C)(=O)=O)c(C)c1. The first-order valence-electron chi connectivity index (χ1n) is 8.61. The third kappa shape index (κ3) is 6.09. The fourth-order valence-electron chi connectivity index (χ4n) is 2.63. The van der Waals surface area contributed by atoms with Crippen molar-refractivity contribution in [2.24, 2.45) is 0 Å². The zero-order valence-electron chi connectivity index (χ0n) is 16.4. The first kappa shape index (κ1) is 21.4. The number of carbonyl (C=O) groups is 2. The summed E-state index contributed by atoms with van der Waals surface area (Å²) in [5.41, 5.74) is 3.38. The largest absolute Gasteiger partial charge is 0.452 e. The lowest BCUT2D eigenvalue weighted by Gasteiger charge is -2.19. The van der Waals surface area contributed by atoms with Gasteiger partial charge in [-0.1, -0.05) is 35.9 Å². The summed E-state index contributed by atoms with van der Waals surface area (Å²) in [5, 5.41) is 0. The van der Waals surface area contributed by atoms with Crippen LogP contribution in [-0.2, 0) is 26.1 Å². The zero-order chi connectivity index (χ0) is 20.9. The molecular formula is C20H24N2O5S. The number of hydrogen-bond donors (Lipinski definition) is 1. The molecular weight excluding hydrogens is 380 g/mol. The minimum Gasteiger partial charge on any atom is -0.452 e. The number of esters is 1. The number of nitrogens with zero attached hydrogens (tertiary/aromatic N) is 1. The van der Waals surface area contributed by atoms with E-state index in [-0.39, 0.29) is 17.2 Å². The molecule has 1 N–H and O–H groups in total. The summed E-state index contributed by atoms with van der Waals surface area (Å²) in [5.74, 6) is -1.14. The van der Waals surface area contributed by atoms with Crippen molar-refractivity contribution in [1.82, 2.24) is 4.90 Å². The van der Waals surface area contributed by atoms with Crippen LogP contribution in [0, 0.1) is 13.8 Å². The second-order valence-electron chi connectivity index (χ2n) is 6.68. The van der Waals surface area contributed by atoms with Crippen molar-refractivity contribution in [2.75, 3.05) is 24.6 Å². The Balaban J connectivity index is 1.99. The molecule has 2 aromatic carbocycles. The Morgan fingerprint density at radius 3 is 2.43 bits per heavy atom. The molecule has 0 aliphatic carbocycles. The van der Waals surface area contributed by atoms with Gasteiger partial charge in [0.1, 0.15) is 0 Å². The van der Waals surface area contributed by atoms with E-state index >= 15 is 0 Å². The Morgan fingerprint density at radius 1 is 1.11 bits per heavy atom. The number of benzene rings is 2. The summed E-state index contributed by atoms with van der Waals surface area (Å²) in [6.07, 6.45) is 0.987. The van der Waals surface area contributed by atoms with Gasteiger partial charge in [-0.3, -0.25) is 9.52 Å². The van der Waals surface area contributed by atoms with E-state index in [9.17, 15) is 18.0 Å². The van der Waals surface area contributed by atoms with Crippen LogP contribution in [0.4, 0.5) is 5.69 Å². The highest BCUT2D eigenvalue weighted by Gasteiger charge is 2.18. The predicted molar refractivity (Wildman–Crippen MR) is 108 cm³/mol. The number of amides is 1. The van der Waals surface area contributed by atoms with E-state index in [4.69, 9.17) is 4.74 Å². The number of likely N-dealkylation sites (N-methyl/N-ethyl adjacent to an activating group) is 1. The molecule has 0 aromatic heterocycles. The number of para-hydroxylation sites is 1. The maximum atomic E-state index is 12.3. The summed E-state index contributed by atoms with van der Waals surface area (Å²) in [6.45, 7) is 3.94. The molecule has 0 bridgehead atoms. The van der Waals surface area contributed by atoms with Crippen LogP contribution >= 0.6 is 0 Å². The Hall–Kier alpha value is -2.87. The Kier molecular flexibility index (Phi) is 6.80. The Bertz CT molecular complexity index is 986. The number of hydrogen-bond acceptors (Lipinski definition) is 5. The topological polar surface area (TPSA) is 92.8 Å². The van der Waals surface area contributed by atoms with Gasteiger partial charge in [-0.05, 0) is 37.1 Å². The van der Waals surface area contributed by atoms with Crippen molar-refractivity contribution in [3.63, 3.8) is 0 Å². The number of aryl methyl sites for hydroxylation is 2. The maximum Gasteiger partial charge on any atom is 0.340 e. The molecule has 0 atom stereocenters. The number of carbonyl (C=O) groups excluding carboxylic acids is 2. The fraction of sp³-hybridized carbons (Fsp3) is 0.300. The first-order valence-corrected chi connectivity index (χ1v) is 10.5. The molecule has 150 valence electrons. The molecule has 0 fully saturated rings. The minimum absolute atomic E-state index is 0.0396. The van der Waals surface area contributed by atoms with E-state index in [1.165, 1.54) is 17.0 Å². The molecule has 28 heavy (non-hydrogen) atoms. The van der Waals surface area contributed by atoms with Gasteiger partial charge in [0.2, 0.25) is 10.0 Å². The predicted octanol–water partition coefficient (Wildman–Crippen LogP) is 2.49. The second-order valence-corrected chi connectivity index (χ2v) is 8.42. The first-order chi connectivity index (χ1) is 13.1. The number of anilines is 1. The Labute approximate surface area is 165 Å². The van der Waals surface area contributed by atoms with E-state index in [0.717, 1.165) is 22.9 Å². The molecule has 0 spiro atoms. The Morgan fingerprint density at radius 2 is 1.79 bits per heavy atom. The zero-order valence-corrected chi connectivity index (χ0v) is 17.2. The van der Waals surface area contributed by atoms with Crippen LogP contribution in [0.1, 0.15) is 27.0 Å². The van der Waals surface area contributed by atoms with Gasteiger partial charge in [-0.25, -0.2) is 13.2 Å². The standard InChI is InChI=1S/C20H24N2O5S/c1-14-9-10-16(15(2)11-14)12-22(3)19(23)13-27-20(24)17-7-5-6-8-18(17)21-28(4,25)26/h5-11,21H,12-13H2,1-4H3. The number of nitrogens with one attached hydrogen (secondary N) is 1. The van der Waals surface area contributed by atoms with E-state index < -0.39 is 22.6 Å². The van der Waals surface area contributed by atoms with Gasteiger partial charge in [0, 0.05) is 13.6 Å². The van der Waals surface area contributed by atoms with Crippen molar-refractivity contribution < 1.29 is 22.7 Å². The van der Waals surface area contributed by atoms with Gasteiger partial charge in [-0.15, -0.1) is 0 Å². The maximum absolute atomic E-state index is 12.3. The van der Waals surface area contributed by atoms with Crippen molar-refractivity contribution in [2.45, 2.75) is 20.4 Å². The highest BCUT2D eigenvalue weighted by atomic mass is 32.2. The van der Waals surface area contributed by atoms with Gasteiger partial charge in [0.25, 0.3) is 5.91 Å². The highest BCUT2D eigenvalue weighted by molar-refractivity contribution is 7.92. The van der Waals surface area contributed by atoms with Crippen LogP contribution < -0.4 is 4.72 Å². The van der Waals surface area contributed by atoms with E-state index in [1.54, 1.807) is 19.2 Å². The summed E-state index contributed by atoms with van der Waals surface area (Å²) in [6, 6.07) is 12.0. The lowest BCUT2D eigenvalue weighted by atomic mass is 10.1. The van der Waals surface area contributed by atoms with Crippen LogP contribution in [0.15, 0.2) is 42.5 Å². The van der Waals surface area contributed by atoms with Gasteiger partial charge < -0.3 is 9.64 Å². The third-order valence-corrected chi connectivity index (χ3v) is 4.69. The van der Waals surface area contributed by atoms with Crippen LogP contribution in [-0.4, -0.2) is 45.1 Å². The summed E-state index contributed by atoms with van der Waals surface area (Å²) >= 11 is 0. The molecule has 0 saturated heterocycles. The summed E-state index contributed by atoms with van der Waals surface area (Å²) in [4.78, 5) is 26.1. The molecule has 0 radical (unpaired) electrons. The monoisotopic (exact) mass is 404 g/mol. The summed E-state index contributed by atoms with van der Waals surface area (Å²) < 4.78 is 30.2. The number of ether oxygens (including phenoxy) is 1. The van der Waals surface area contributed by atoms with Crippen LogP contribution in [0.25, 0.3) is 0 Å². The average molecular weight is 404 g/mol. The molecule has 8 heteroatoms. The molecule has 0 aliphatic heterocycles. The van der Waals surface area contributed by atoms with E-state index in [1.807, 2.05) is 32.0 Å². The molecule has 0 saturated carbocycles. The normalized spacial score (nSPS) is 11.0. The lowest BCUT2D eigenvalue weighted by Crippen LogP contribution is -2.31. The minimum atomic E-state index is -3.55. The van der Waals surface area contributed by atoms with Crippen molar-refractivity contribution >= 4 is 27.6 Å². The second kappa shape index (κ2) is 8.88. The van der Waals surface area contributed by atoms with Gasteiger partial charge in [0.15, 0.2) is 6.61 Å². The van der Waals surface area contributed by atoms with E-state index in [0.29, 0.717) is 6.54 Å². The highest BCUT2D eigenvalue weighted by Crippen LogP contribution is 2.17. The van der Waals surface area contributed by atoms with Crippen molar-refractivity contribution in [3.8, 4) is 0 Å². The molecule has 1 amide bonds. The van der Waals surface area contributed by atoms with Crippen molar-refractivity contribution in [3.05, 3.63) is 64.7 Å². The number of rotatable bonds is 7. The summed E-state index contributed by atoms with van der Waals surface area (Å²) in [7, 11) is -1.92. The molecule has 0 heterocycles. The van der Waals surface area contributed by atoms with Crippen molar-refractivity contribution in [1.29, 1.82) is 0 Å². The van der Waals surface area contributed by atoms with Gasteiger partial charge in [-0.2, -0.15) is 0 Å². The molecule has 0 unspecified atom stereocenters. The quantitative estimate of drug-likeness (QED) is 0.716.